The maximum absolute atomic E-state index is 12.8. The van der Waals surface area contributed by atoms with E-state index in [2.05, 4.69) is 10.1 Å². The van der Waals surface area contributed by atoms with Crippen molar-refractivity contribution < 1.29 is 23.9 Å². The van der Waals surface area contributed by atoms with Crippen LogP contribution in [0, 0.1) is 6.92 Å². The second kappa shape index (κ2) is 9.91. The van der Waals surface area contributed by atoms with Crippen LogP contribution in [0.2, 0.25) is 0 Å². The van der Waals surface area contributed by atoms with Crippen LogP contribution in [0.25, 0.3) is 0 Å². The second-order valence-corrected chi connectivity index (χ2v) is 7.25. The molecule has 0 bridgehead atoms. The van der Waals surface area contributed by atoms with Gasteiger partial charge < -0.3 is 19.7 Å². The van der Waals surface area contributed by atoms with E-state index in [0.717, 1.165) is 5.56 Å². The monoisotopic (exact) mass is 410 g/mol. The average Bonchev–Trinajstić information content (AvgIpc) is 2.78. The van der Waals surface area contributed by atoms with E-state index in [-0.39, 0.29) is 24.5 Å². The predicted octanol–water partition coefficient (Wildman–Crippen LogP) is 2.58. The van der Waals surface area contributed by atoms with Crippen LogP contribution in [0.1, 0.15) is 39.1 Å². The standard InChI is InChI=1S/C23H26N2O5/c1-16-6-3-4-9-20(16)22(27)24-18-10-12-25(13-11-18)23(28)17-7-5-8-19(14-17)30-15-21(26)29-2/h3-9,14,18H,10-13,15H2,1-2H3,(H,24,27). The Balaban J connectivity index is 1.53. The number of nitrogens with one attached hydrogen (secondary N) is 1. The lowest BCUT2D eigenvalue weighted by molar-refractivity contribution is -0.142. The maximum Gasteiger partial charge on any atom is 0.343 e. The molecule has 0 atom stereocenters. The summed E-state index contributed by atoms with van der Waals surface area (Å²) in [5.41, 5.74) is 2.12. The molecule has 0 radical (unpaired) electrons. The zero-order valence-electron chi connectivity index (χ0n) is 17.2. The van der Waals surface area contributed by atoms with Crippen LogP contribution in [0.15, 0.2) is 48.5 Å². The van der Waals surface area contributed by atoms with Gasteiger partial charge in [-0.1, -0.05) is 24.3 Å². The van der Waals surface area contributed by atoms with Gasteiger partial charge in [-0.15, -0.1) is 0 Å². The van der Waals surface area contributed by atoms with Crippen LogP contribution in [-0.4, -0.2) is 55.5 Å². The zero-order valence-corrected chi connectivity index (χ0v) is 17.2. The van der Waals surface area contributed by atoms with E-state index in [9.17, 15) is 14.4 Å². The summed E-state index contributed by atoms with van der Waals surface area (Å²) >= 11 is 0. The first kappa shape index (κ1) is 21.4. The number of hydrogen-bond acceptors (Lipinski definition) is 5. The Morgan fingerprint density at radius 1 is 1.07 bits per heavy atom. The highest BCUT2D eigenvalue weighted by Gasteiger charge is 2.25. The highest BCUT2D eigenvalue weighted by atomic mass is 16.6. The molecule has 1 saturated heterocycles. The van der Waals surface area contributed by atoms with Crippen molar-refractivity contribution in [2.75, 3.05) is 26.8 Å². The molecule has 0 unspecified atom stereocenters. The molecule has 1 N–H and O–H groups in total. The Hall–Kier alpha value is -3.35. The van der Waals surface area contributed by atoms with Crippen molar-refractivity contribution >= 4 is 17.8 Å². The van der Waals surface area contributed by atoms with Crippen molar-refractivity contribution in [3.63, 3.8) is 0 Å². The summed E-state index contributed by atoms with van der Waals surface area (Å²) in [7, 11) is 1.29. The largest absolute Gasteiger partial charge is 0.482 e. The minimum Gasteiger partial charge on any atom is -0.482 e. The van der Waals surface area contributed by atoms with Gasteiger partial charge in [-0.05, 0) is 49.6 Å². The summed E-state index contributed by atoms with van der Waals surface area (Å²) < 4.78 is 9.90. The van der Waals surface area contributed by atoms with Gasteiger partial charge in [0.05, 0.1) is 7.11 Å². The lowest BCUT2D eigenvalue weighted by atomic mass is 10.0. The van der Waals surface area contributed by atoms with Gasteiger partial charge in [-0.25, -0.2) is 4.79 Å². The van der Waals surface area contributed by atoms with Gasteiger partial charge in [-0.3, -0.25) is 9.59 Å². The molecule has 1 fully saturated rings. The van der Waals surface area contributed by atoms with Crippen molar-refractivity contribution in [2.24, 2.45) is 0 Å². The van der Waals surface area contributed by atoms with E-state index in [1.807, 2.05) is 31.2 Å². The lowest BCUT2D eigenvalue weighted by Crippen LogP contribution is -2.46. The number of esters is 1. The molecular weight excluding hydrogens is 384 g/mol. The van der Waals surface area contributed by atoms with E-state index in [4.69, 9.17) is 4.74 Å². The van der Waals surface area contributed by atoms with Gasteiger partial charge in [0.1, 0.15) is 5.75 Å². The number of methoxy groups -OCH3 is 1. The lowest BCUT2D eigenvalue weighted by Gasteiger charge is -2.32. The van der Waals surface area contributed by atoms with Gasteiger partial charge in [0.15, 0.2) is 6.61 Å². The second-order valence-electron chi connectivity index (χ2n) is 7.25. The number of aryl methyl sites for hydroxylation is 1. The number of hydrogen-bond donors (Lipinski definition) is 1. The van der Waals surface area contributed by atoms with Crippen molar-refractivity contribution in [3.8, 4) is 5.75 Å². The summed E-state index contributed by atoms with van der Waals surface area (Å²) in [5, 5.41) is 3.08. The predicted molar refractivity (Wildman–Crippen MR) is 112 cm³/mol. The first-order chi connectivity index (χ1) is 14.5. The first-order valence-electron chi connectivity index (χ1n) is 9.93. The number of nitrogens with zero attached hydrogens (tertiary/aromatic N) is 1. The minimum atomic E-state index is -0.485. The Bertz CT molecular complexity index is 919. The summed E-state index contributed by atoms with van der Waals surface area (Å²) in [6.45, 7) is 2.83. The minimum absolute atomic E-state index is 0.0379. The van der Waals surface area contributed by atoms with Gasteiger partial charge >= 0.3 is 5.97 Å². The fraction of sp³-hybridized carbons (Fsp3) is 0.348. The van der Waals surface area contributed by atoms with Crippen molar-refractivity contribution in [1.82, 2.24) is 10.2 Å². The summed E-state index contributed by atoms with van der Waals surface area (Å²) in [5.74, 6) is -0.219. The normalized spacial score (nSPS) is 14.1. The van der Waals surface area contributed by atoms with Crippen molar-refractivity contribution in [3.05, 3.63) is 65.2 Å². The molecule has 1 aliphatic heterocycles. The maximum atomic E-state index is 12.8. The smallest absolute Gasteiger partial charge is 0.343 e. The van der Waals surface area contributed by atoms with E-state index in [1.165, 1.54) is 7.11 Å². The Morgan fingerprint density at radius 3 is 2.50 bits per heavy atom. The molecule has 0 spiro atoms. The van der Waals surface area contributed by atoms with E-state index in [0.29, 0.717) is 42.8 Å². The number of benzene rings is 2. The quantitative estimate of drug-likeness (QED) is 0.740. The van der Waals surface area contributed by atoms with Gasteiger partial charge in [0.25, 0.3) is 11.8 Å². The number of carbonyl (C=O) groups is 3. The van der Waals surface area contributed by atoms with Gasteiger partial charge in [-0.2, -0.15) is 0 Å². The molecule has 30 heavy (non-hydrogen) atoms. The molecule has 0 saturated carbocycles. The van der Waals surface area contributed by atoms with Gasteiger partial charge in [0.2, 0.25) is 0 Å². The summed E-state index contributed by atoms with van der Waals surface area (Å²) in [6.07, 6.45) is 1.39. The number of carbonyl (C=O) groups excluding carboxylic acids is 3. The number of rotatable bonds is 6. The van der Waals surface area contributed by atoms with Crippen LogP contribution >= 0.6 is 0 Å². The Morgan fingerprint density at radius 2 is 1.80 bits per heavy atom. The number of ether oxygens (including phenoxy) is 2. The van der Waals surface area contributed by atoms with Crippen LogP contribution < -0.4 is 10.1 Å². The van der Waals surface area contributed by atoms with Crippen LogP contribution in [0.4, 0.5) is 0 Å². The molecule has 2 aromatic carbocycles. The summed E-state index contributed by atoms with van der Waals surface area (Å²) in [6, 6.07) is 14.3. The highest BCUT2D eigenvalue weighted by molar-refractivity contribution is 5.96. The Kier molecular flexibility index (Phi) is 7.06. The molecule has 1 aliphatic rings. The van der Waals surface area contributed by atoms with E-state index < -0.39 is 5.97 Å². The molecule has 0 aliphatic carbocycles. The van der Waals surface area contributed by atoms with E-state index in [1.54, 1.807) is 29.2 Å². The molecule has 7 heteroatoms. The molecule has 1 heterocycles. The summed E-state index contributed by atoms with van der Waals surface area (Å²) in [4.78, 5) is 38.3. The number of amides is 2. The molecule has 3 rings (SSSR count). The van der Waals surface area contributed by atoms with Crippen molar-refractivity contribution in [1.29, 1.82) is 0 Å². The van der Waals surface area contributed by atoms with Crippen LogP contribution in [0.5, 0.6) is 5.75 Å². The first-order valence-corrected chi connectivity index (χ1v) is 9.93. The van der Waals surface area contributed by atoms with Gasteiger partial charge in [0, 0.05) is 30.3 Å². The molecule has 2 amide bonds. The SMILES string of the molecule is COC(=O)COc1cccc(C(=O)N2CCC(NC(=O)c3ccccc3C)CC2)c1. The molecule has 158 valence electrons. The fourth-order valence-electron chi connectivity index (χ4n) is 3.42. The van der Waals surface area contributed by atoms with Crippen LogP contribution in [0.3, 0.4) is 0 Å². The third-order valence-corrected chi connectivity index (χ3v) is 5.17. The number of likely N-dealkylation sites (tertiary alicyclic amines) is 1. The molecular formula is C23H26N2O5. The average molecular weight is 410 g/mol. The zero-order chi connectivity index (χ0) is 21.5. The highest BCUT2D eigenvalue weighted by Crippen LogP contribution is 2.19. The topological polar surface area (TPSA) is 84.9 Å². The Labute approximate surface area is 176 Å². The third-order valence-electron chi connectivity index (χ3n) is 5.17. The van der Waals surface area contributed by atoms with Crippen molar-refractivity contribution in [2.45, 2.75) is 25.8 Å². The van der Waals surface area contributed by atoms with E-state index >= 15 is 0 Å². The third kappa shape index (κ3) is 5.37. The number of piperidine rings is 1. The molecule has 7 nitrogen and oxygen atoms in total. The van der Waals surface area contributed by atoms with Crippen LogP contribution in [-0.2, 0) is 9.53 Å². The molecule has 2 aromatic rings. The fourth-order valence-corrected chi connectivity index (χ4v) is 3.42. The molecule has 0 aromatic heterocycles.